The molecule has 0 amide bonds. The van der Waals surface area contributed by atoms with Gasteiger partial charge in [-0.2, -0.15) is 0 Å². The molecule has 3 rings (SSSR count). The van der Waals surface area contributed by atoms with Gasteiger partial charge in [-0.25, -0.2) is 4.79 Å². The summed E-state index contributed by atoms with van der Waals surface area (Å²) in [6, 6.07) is 10.5. The summed E-state index contributed by atoms with van der Waals surface area (Å²) in [5, 5.41) is 12.1. The Morgan fingerprint density at radius 1 is 1.15 bits per heavy atom. The molecule has 1 heterocycles. The first kappa shape index (κ1) is 12.7. The van der Waals surface area contributed by atoms with E-state index in [4.69, 9.17) is 10.2 Å². The highest BCUT2D eigenvalue weighted by Gasteiger charge is 2.12. The second kappa shape index (κ2) is 4.98. The van der Waals surface area contributed by atoms with Crippen LogP contribution in [0.4, 0.5) is 0 Å². The van der Waals surface area contributed by atoms with Gasteiger partial charge in [0.05, 0.1) is 5.39 Å². The lowest BCUT2D eigenvalue weighted by Gasteiger charge is -2.09. The van der Waals surface area contributed by atoms with Crippen LogP contribution in [0, 0.1) is 0 Å². The number of aromatic hydroxyl groups is 1. The minimum absolute atomic E-state index is 0.1000. The molecular formula is C16H15NO3. The zero-order valence-electron chi connectivity index (χ0n) is 10.9. The van der Waals surface area contributed by atoms with Crippen molar-refractivity contribution in [3.8, 4) is 5.75 Å². The number of phenols is 1. The standard InChI is InChI=1S/C16H15NO3/c17-7-3-4-10-8-11(18)9-14-15(10)12-5-1-2-6-13(12)16(19)20-14/h1-2,5-6,8-9,18H,3-4,7,17H2. The summed E-state index contributed by atoms with van der Waals surface area (Å²) in [4.78, 5) is 12.0. The van der Waals surface area contributed by atoms with E-state index in [1.165, 1.54) is 6.07 Å². The molecule has 4 heteroatoms. The molecule has 102 valence electrons. The Balaban J connectivity index is 2.43. The molecule has 3 aromatic rings. The lowest BCUT2D eigenvalue weighted by atomic mass is 9.99. The molecule has 0 spiro atoms. The largest absolute Gasteiger partial charge is 0.508 e. The van der Waals surface area contributed by atoms with E-state index in [2.05, 4.69) is 0 Å². The van der Waals surface area contributed by atoms with Crippen molar-refractivity contribution in [3.63, 3.8) is 0 Å². The molecule has 0 saturated heterocycles. The van der Waals surface area contributed by atoms with Crippen molar-refractivity contribution in [3.05, 3.63) is 52.4 Å². The molecule has 0 unspecified atom stereocenters. The summed E-state index contributed by atoms with van der Waals surface area (Å²) < 4.78 is 5.33. The fraction of sp³-hybridized carbons (Fsp3) is 0.188. The molecule has 20 heavy (non-hydrogen) atoms. The highest BCUT2D eigenvalue weighted by molar-refractivity contribution is 6.06. The van der Waals surface area contributed by atoms with E-state index < -0.39 is 0 Å². The predicted octanol–water partition coefficient (Wildman–Crippen LogP) is 2.54. The van der Waals surface area contributed by atoms with Gasteiger partial charge in [-0.15, -0.1) is 0 Å². The van der Waals surface area contributed by atoms with Crippen LogP contribution in [0.25, 0.3) is 21.7 Å². The molecule has 1 aromatic heterocycles. The Morgan fingerprint density at radius 3 is 2.65 bits per heavy atom. The SMILES string of the molecule is NCCCc1cc(O)cc2oc(=O)c3ccccc3c12. The molecule has 0 saturated carbocycles. The lowest BCUT2D eigenvalue weighted by molar-refractivity contribution is 0.472. The van der Waals surface area contributed by atoms with E-state index >= 15 is 0 Å². The van der Waals surface area contributed by atoms with Crippen molar-refractivity contribution in [1.29, 1.82) is 0 Å². The van der Waals surface area contributed by atoms with Gasteiger partial charge in [-0.1, -0.05) is 18.2 Å². The molecule has 0 aliphatic carbocycles. The van der Waals surface area contributed by atoms with Gasteiger partial charge in [0.15, 0.2) is 0 Å². The molecule has 4 nitrogen and oxygen atoms in total. The number of rotatable bonds is 3. The fourth-order valence-corrected chi connectivity index (χ4v) is 2.57. The van der Waals surface area contributed by atoms with Crippen LogP contribution in [-0.2, 0) is 6.42 Å². The first-order valence-corrected chi connectivity index (χ1v) is 6.58. The summed E-state index contributed by atoms with van der Waals surface area (Å²) >= 11 is 0. The van der Waals surface area contributed by atoms with Gasteiger partial charge in [0.2, 0.25) is 0 Å². The molecule has 0 atom stereocenters. The van der Waals surface area contributed by atoms with E-state index in [0.717, 1.165) is 29.2 Å². The van der Waals surface area contributed by atoms with Crippen molar-refractivity contribution in [1.82, 2.24) is 0 Å². The van der Waals surface area contributed by atoms with Crippen LogP contribution in [-0.4, -0.2) is 11.7 Å². The van der Waals surface area contributed by atoms with E-state index in [1.807, 2.05) is 18.2 Å². The summed E-state index contributed by atoms with van der Waals surface area (Å²) in [6.45, 7) is 0.575. The topological polar surface area (TPSA) is 76.5 Å². The monoisotopic (exact) mass is 269 g/mol. The van der Waals surface area contributed by atoms with E-state index in [1.54, 1.807) is 12.1 Å². The van der Waals surface area contributed by atoms with Crippen molar-refractivity contribution >= 4 is 21.7 Å². The third-order valence-electron chi connectivity index (χ3n) is 3.44. The van der Waals surface area contributed by atoms with Gasteiger partial charge in [0.25, 0.3) is 0 Å². The Morgan fingerprint density at radius 2 is 1.90 bits per heavy atom. The number of fused-ring (bicyclic) bond motifs is 3. The number of phenolic OH excluding ortho intramolecular Hbond substituents is 1. The number of benzene rings is 2. The Hall–Kier alpha value is -2.33. The van der Waals surface area contributed by atoms with Gasteiger partial charge >= 0.3 is 5.63 Å². The van der Waals surface area contributed by atoms with Gasteiger partial charge < -0.3 is 15.3 Å². The fourth-order valence-electron chi connectivity index (χ4n) is 2.57. The van der Waals surface area contributed by atoms with Crippen molar-refractivity contribution in [2.45, 2.75) is 12.8 Å². The van der Waals surface area contributed by atoms with Crippen LogP contribution >= 0.6 is 0 Å². The molecule has 0 bridgehead atoms. The normalized spacial score (nSPS) is 11.2. The number of nitrogens with two attached hydrogens (primary N) is 1. The predicted molar refractivity (Wildman–Crippen MR) is 79.0 cm³/mol. The van der Waals surface area contributed by atoms with Crippen molar-refractivity contribution < 1.29 is 9.52 Å². The maximum atomic E-state index is 12.0. The van der Waals surface area contributed by atoms with Crippen molar-refractivity contribution in [2.75, 3.05) is 6.54 Å². The minimum Gasteiger partial charge on any atom is -0.508 e. The van der Waals surface area contributed by atoms with Crippen molar-refractivity contribution in [2.24, 2.45) is 5.73 Å². The molecule has 0 aliphatic heterocycles. The third kappa shape index (κ3) is 2.04. The molecule has 0 fully saturated rings. The first-order valence-electron chi connectivity index (χ1n) is 6.58. The molecule has 3 N–H and O–H groups in total. The van der Waals surface area contributed by atoms with Crippen LogP contribution in [0.15, 0.2) is 45.6 Å². The molecule has 0 aliphatic rings. The van der Waals surface area contributed by atoms with Crippen LogP contribution < -0.4 is 11.4 Å². The van der Waals surface area contributed by atoms with Gasteiger partial charge in [0, 0.05) is 16.8 Å². The maximum absolute atomic E-state index is 12.0. The van der Waals surface area contributed by atoms with E-state index in [9.17, 15) is 9.90 Å². The lowest BCUT2D eigenvalue weighted by Crippen LogP contribution is -2.03. The summed E-state index contributed by atoms with van der Waals surface area (Å²) in [7, 11) is 0. The van der Waals surface area contributed by atoms with Gasteiger partial charge in [-0.05, 0) is 37.1 Å². The summed E-state index contributed by atoms with van der Waals surface area (Å²) in [6.07, 6.45) is 1.55. The molecule has 0 radical (unpaired) electrons. The highest BCUT2D eigenvalue weighted by Crippen LogP contribution is 2.30. The second-order valence-electron chi connectivity index (χ2n) is 4.81. The van der Waals surface area contributed by atoms with Crippen LogP contribution in [0.1, 0.15) is 12.0 Å². The Kier molecular flexibility index (Phi) is 3.16. The van der Waals surface area contributed by atoms with E-state index in [-0.39, 0.29) is 11.4 Å². The second-order valence-corrected chi connectivity index (χ2v) is 4.81. The highest BCUT2D eigenvalue weighted by atomic mass is 16.4. The molecule has 2 aromatic carbocycles. The van der Waals surface area contributed by atoms with E-state index in [0.29, 0.717) is 17.5 Å². The van der Waals surface area contributed by atoms with Crippen LogP contribution in [0.3, 0.4) is 0 Å². The average Bonchev–Trinajstić information content (AvgIpc) is 2.44. The number of aryl methyl sites for hydroxylation is 1. The Labute approximate surface area is 115 Å². The number of hydrogen-bond acceptors (Lipinski definition) is 4. The molecular weight excluding hydrogens is 254 g/mol. The van der Waals surface area contributed by atoms with Gasteiger partial charge in [0.1, 0.15) is 11.3 Å². The Bertz CT molecular complexity index is 836. The zero-order chi connectivity index (χ0) is 14.1. The average molecular weight is 269 g/mol. The van der Waals surface area contributed by atoms with Crippen LogP contribution in [0.5, 0.6) is 5.75 Å². The summed E-state index contributed by atoms with van der Waals surface area (Å²) in [5.74, 6) is 0.1000. The zero-order valence-corrected chi connectivity index (χ0v) is 10.9. The third-order valence-corrected chi connectivity index (χ3v) is 3.44. The first-order chi connectivity index (χ1) is 9.70. The number of hydrogen-bond donors (Lipinski definition) is 2. The maximum Gasteiger partial charge on any atom is 0.344 e. The minimum atomic E-state index is -0.386. The quantitative estimate of drug-likeness (QED) is 0.566. The van der Waals surface area contributed by atoms with Gasteiger partial charge in [-0.3, -0.25) is 0 Å². The summed E-state index contributed by atoms with van der Waals surface area (Å²) in [5.41, 5.74) is 6.54. The smallest absolute Gasteiger partial charge is 0.344 e. The van der Waals surface area contributed by atoms with Crippen LogP contribution in [0.2, 0.25) is 0 Å².